The summed E-state index contributed by atoms with van der Waals surface area (Å²) in [7, 11) is -1.26. The number of nitrogens with one attached hydrogen (secondary N) is 1. The van der Waals surface area contributed by atoms with Crippen LogP contribution in [0.1, 0.15) is 56.5 Å². The van der Waals surface area contributed by atoms with Gasteiger partial charge in [-0.3, -0.25) is 9.00 Å². The lowest BCUT2D eigenvalue weighted by Crippen LogP contribution is -2.26. The number of carbonyl (C=O) groups is 1. The fourth-order valence-corrected chi connectivity index (χ4v) is 7.41. The van der Waals surface area contributed by atoms with E-state index in [2.05, 4.69) is 59.4 Å². The Bertz CT molecular complexity index is 1970. The second kappa shape index (κ2) is 16.8. The molecule has 0 saturated heterocycles. The third-order valence-corrected chi connectivity index (χ3v) is 10.3. The van der Waals surface area contributed by atoms with Crippen molar-refractivity contribution in [3.8, 4) is 16.9 Å². The summed E-state index contributed by atoms with van der Waals surface area (Å²) in [5.74, 6) is 1.05. The summed E-state index contributed by atoms with van der Waals surface area (Å²) in [5, 5.41) is 3.08. The number of hydrogen-bond donors (Lipinski definition) is 1. The number of hydrogen-bond acceptors (Lipinski definition) is 6. The highest BCUT2D eigenvalue weighted by Crippen LogP contribution is 2.33. The predicted molar refractivity (Wildman–Crippen MR) is 203 cm³/mol. The van der Waals surface area contributed by atoms with Gasteiger partial charge >= 0.3 is 0 Å². The van der Waals surface area contributed by atoms with Crippen LogP contribution < -0.4 is 15.0 Å². The minimum atomic E-state index is -1.26. The number of ether oxygens (including phenoxy) is 2. The lowest BCUT2D eigenvalue weighted by atomic mass is 10.00. The highest BCUT2D eigenvalue weighted by Gasteiger charge is 2.20. The Morgan fingerprint density at radius 1 is 0.920 bits per heavy atom. The number of aromatic nitrogens is 2. The van der Waals surface area contributed by atoms with Crippen LogP contribution in [0.15, 0.2) is 102 Å². The van der Waals surface area contributed by atoms with E-state index in [0.717, 1.165) is 89.7 Å². The molecule has 260 valence electrons. The molecule has 2 aromatic heterocycles. The molecule has 0 radical (unpaired) electrons. The van der Waals surface area contributed by atoms with Gasteiger partial charge in [0.1, 0.15) is 18.0 Å². The summed E-state index contributed by atoms with van der Waals surface area (Å²) >= 11 is 0. The number of imidazole rings is 1. The molecular weight excluding hydrogens is 645 g/mol. The third kappa shape index (κ3) is 8.52. The van der Waals surface area contributed by atoms with Crippen LogP contribution in [0.2, 0.25) is 0 Å². The molecule has 1 N–H and O–H groups in total. The van der Waals surface area contributed by atoms with Gasteiger partial charge in [0.2, 0.25) is 0 Å². The van der Waals surface area contributed by atoms with Gasteiger partial charge in [0.25, 0.3) is 5.91 Å². The van der Waals surface area contributed by atoms with Crippen LogP contribution in [0.5, 0.6) is 5.75 Å². The number of amides is 1. The van der Waals surface area contributed by atoms with Crippen molar-refractivity contribution in [3.05, 3.63) is 114 Å². The Morgan fingerprint density at radius 3 is 2.50 bits per heavy atom. The highest BCUT2D eigenvalue weighted by molar-refractivity contribution is 7.84. The summed E-state index contributed by atoms with van der Waals surface area (Å²) in [4.78, 5) is 21.3. The molecule has 8 nitrogen and oxygen atoms in total. The SMILES string of the molecule is CCCCOCCOc1ccc(-c2ccc3c(c2)C=C(C(=O)Nc2ccc(S(=O)Cc4c(C)nc5ccccn45)cc2)CCN3CCC)cc1. The molecule has 9 heteroatoms. The first kappa shape index (κ1) is 35.1. The van der Waals surface area contributed by atoms with Gasteiger partial charge in [0, 0.05) is 47.7 Å². The molecule has 0 bridgehead atoms. The van der Waals surface area contributed by atoms with Gasteiger partial charge in [-0.1, -0.05) is 44.5 Å². The molecule has 1 amide bonds. The molecule has 1 unspecified atom stereocenters. The van der Waals surface area contributed by atoms with Gasteiger partial charge in [-0.05, 0) is 110 Å². The van der Waals surface area contributed by atoms with E-state index in [4.69, 9.17) is 9.47 Å². The zero-order valence-electron chi connectivity index (χ0n) is 29.2. The lowest BCUT2D eigenvalue weighted by Gasteiger charge is -2.25. The zero-order chi connectivity index (χ0) is 34.9. The fourth-order valence-electron chi connectivity index (χ4n) is 6.21. The van der Waals surface area contributed by atoms with Gasteiger partial charge < -0.3 is 24.1 Å². The molecule has 0 aliphatic carbocycles. The van der Waals surface area contributed by atoms with Crippen molar-refractivity contribution < 1.29 is 18.5 Å². The Balaban J connectivity index is 1.13. The fraction of sp³-hybridized carbons (Fsp3) is 0.317. The maximum absolute atomic E-state index is 13.6. The van der Waals surface area contributed by atoms with Crippen molar-refractivity contribution in [2.45, 2.75) is 57.1 Å². The number of benzene rings is 3. The minimum absolute atomic E-state index is 0.130. The van der Waals surface area contributed by atoms with Crippen LogP contribution >= 0.6 is 0 Å². The summed E-state index contributed by atoms with van der Waals surface area (Å²) < 4.78 is 26.8. The first-order valence-corrected chi connectivity index (χ1v) is 18.9. The second-order valence-corrected chi connectivity index (χ2v) is 14.0. The molecule has 3 heterocycles. The maximum atomic E-state index is 13.6. The van der Waals surface area contributed by atoms with Crippen LogP contribution in [0.25, 0.3) is 22.9 Å². The van der Waals surface area contributed by atoms with Crippen LogP contribution in [0, 0.1) is 6.92 Å². The normalized spacial score (nSPS) is 13.4. The van der Waals surface area contributed by atoms with Crippen molar-refractivity contribution >= 4 is 39.8 Å². The van der Waals surface area contributed by atoms with E-state index in [1.54, 1.807) is 0 Å². The van der Waals surface area contributed by atoms with Gasteiger partial charge in [0.05, 0.1) is 34.5 Å². The van der Waals surface area contributed by atoms with Gasteiger partial charge in [-0.25, -0.2) is 4.98 Å². The lowest BCUT2D eigenvalue weighted by molar-refractivity contribution is -0.112. The molecule has 3 aromatic carbocycles. The van der Waals surface area contributed by atoms with E-state index in [0.29, 0.717) is 36.0 Å². The minimum Gasteiger partial charge on any atom is -0.491 e. The van der Waals surface area contributed by atoms with Crippen LogP contribution in [0.4, 0.5) is 11.4 Å². The molecule has 6 rings (SSSR count). The zero-order valence-corrected chi connectivity index (χ0v) is 30.0. The maximum Gasteiger partial charge on any atom is 0.251 e. The van der Waals surface area contributed by atoms with Crippen LogP contribution in [-0.4, -0.2) is 52.4 Å². The largest absolute Gasteiger partial charge is 0.491 e. The van der Waals surface area contributed by atoms with Crippen LogP contribution in [-0.2, 0) is 26.1 Å². The van der Waals surface area contributed by atoms with E-state index in [9.17, 15) is 9.00 Å². The molecule has 1 atom stereocenters. The van der Waals surface area contributed by atoms with Gasteiger partial charge in [-0.15, -0.1) is 0 Å². The van der Waals surface area contributed by atoms with Gasteiger partial charge in [-0.2, -0.15) is 0 Å². The number of nitrogens with zero attached hydrogens (tertiary/aromatic N) is 3. The number of rotatable bonds is 15. The number of unbranched alkanes of at least 4 members (excludes halogenated alkanes) is 1. The Hall–Kier alpha value is -4.73. The molecular formula is C41H46N4O4S. The molecule has 50 heavy (non-hydrogen) atoms. The average Bonchev–Trinajstić information content (AvgIpc) is 3.33. The highest BCUT2D eigenvalue weighted by atomic mass is 32.2. The quantitative estimate of drug-likeness (QED) is 0.111. The van der Waals surface area contributed by atoms with E-state index in [-0.39, 0.29) is 5.91 Å². The summed E-state index contributed by atoms with van der Waals surface area (Å²) in [6, 6.07) is 27.8. The predicted octanol–water partition coefficient (Wildman–Crippen LogP) is 8.46. The second-order valence-electron chi connectivity index (χ2n) is 12.6. The smallest absolute Gasteiger partial charge is 0.251 e. The van der Waals surface area contributed by atoms with Crippen molar-refractivity contribution in [1.82, 2.24) is 9.38 Å². The Kier molecular flexibility index (Phi) is 11.8. The van der Waals surface area contributed by atoms with E-state index >= 15 is 0 Å². The first-order valence-electron chi connectivity index (χ1n) is 17.6. The molecule has 5 aromatic rings. The van der Waals surface area contributed by atoms with E-state index in [1.807, 2.05) is 78.2 Å². The molecule has 1 aliphatic rings. The van der Waals surface area contributed by atoms with E-state index < -0.39 is 10.8 Å². The number of fused-ring (bicyclic) bond motifs is 2. The topological polar surface area (TPSA) is 85.2 Å². The van der Waals surface area contributed by atoms with Crippen molar-refractivity contribution in [2.24, 2.45) is 0 Å². The standard InChI is InChI=1S/C41H46N4O4S/c1-4-6-24-48-25-26-49-36-15-10-31(11-16-36)32-12-19-38-34(27-32)28-33(20-23-44(38)21-5-2)41(46)43-35-13-17-37(18-14-35)50(47)29-39-30(3)42-40-9-7-8-22-45(39)40/h7-19,22,27-28H,4-6,20-21,23-26,29H2,1-3H3,(H,43,46). The molecule has 0 saturated carbocycles. The molecule has 0 fully saturated rings. The van der Waals surface area contributed by atoms with Crippen molar-refractivity contribution in [1.29, 1.82) is 0 Å². The monoisotopic (exact) mass is 690 g/mol. The molecule has 0 spiro atoms. The number of aryl methyl sites for hydroxylation is 1. The number of anilines is 2. The van der Waals surface area contributed by atoms with Crippen molar-refractivity contribution in [3.63, 3.8) is 0 Å². The van der Waals surface area contributed by atoms with Crippen LogP contribution in [0.3, 0.4) is 0 Å². The Morgan fingerprint density at radius 2 is 1.72 bits per heavy atom. The number of carbonyl (C=O) groups excluding carboxylic acids is 1. The average molecular weight is 691 g/mol. The van der Waals surface area contributed by atoms with Crippen molar-refractivity contribution in [2.75, 3.05) is 43.1 Å². The molecule has 1 aliphatic heterocycles. The third-order valence-electron chi connectivity index (χ3n) is 8.93. The summed E-state index contributed by atoms with van der Waals surface area (Å²) in [5.41, 5.74) is 8.36. The summed E-state index contributed by atoms with van der Waals surface area (Å²) in [6.07, 6.45) is 7.81. The summed E-state index contributed by atoms with van der Waals surface area (Å²) in [6.45, 7) is 9.83. The first-order chi connectivity index (χ1) is 24.4. The number of pyridine rings is 1. The van der Waals surface area contributed by atoms with E-state index in [1.165, 1.54) is 0 Å². The van der Waals surface area contributed by atoms with Gasteiger partial charge in [0.15, 0.2) is 0 Å². The Labute approximate surface area is 297 Å².